The number of ether oxygens (including phenoxy) is 1. The van der Waals surface area contributed by atoms with Crippen LogP contribution in [0.3, 0.4) is 0 Å². The first-order valence-corrected chi connectivity index (χ1v) is 8.99. The van der Waals surface area contributed by atoms with Crippen LogP contribution in [-0.4, -0.2) is 16.1 Å². The predicted octanol–water partition coefficient (Wildman–Crippen LogP) is 5.39. The molecule has 0 saturated heterocycles. The van der Waals surface area contributed by atoms with Crippen LogP contribution in [0.15, 0.2) is 48.5 Å². The van der Waals surface area contributed by atoms with Crippen molar-refractivity contribution in [2.24, 2.45) is 0 Å². The SMILES string of the molecule is CCCOCc1cc2c(-c3ccc(O)cc3)c(CC)c3cccc1n32. The second-order valence-electron chi connectivity index (χ2n) is 6.49. The second kappa shape index (κ2) is 6.41. The first kappa shape index (κ1) is 16.0. The molecule has 25 heavy (non-hydrogen) atoms. The van der Waals surface area contributed by atoms with Gasteiger partial charge in [-0.3, -0.25) is 0 Å². The van der Waals surface area contributed by atoms with Gasteiger partial charge in [0.25, 0.3) is 0 Å². The average molecular weight is 333 g/mol. The van der Waals surface area contributed by atoms with Gasteiger partial charge in [0, 0.05) is 17.7 Å². The van der Waals surface area contributed by atoms with Crippen LogP contribution < -0.4 is 0 Å². The molecule has 3 heterocycles. The molecule has 0 unspecified atom stereocenters. The fraction of sp³-hybridized carbons (Fsp3) is 0.273. The Balaban J connectivity index is 1.95. The van der Waals surface area contributed by atoms with Gasteiger partial charge in [0.15, 0.2) is 0 Å². The van der Waals surface area contributed by atoms with E-state index < -0.39 is 0 Å². The van der Waals surface area contributed by atoms with Crippen molar-refractivity contribution in [3.05, 3.63) is 59.7 Å². The third-order valence-corrected chi connectivity index (χ3v) is 4.85. The molecule has 0 fully saturated rings. The quantitative estimate of drug-likeness (QED) is 0.480. The molecule has 0 amide bonds. The van der Waals surface area contributed by atoms with Crippen LogP contribution in [0.1, 0.15) is 31.4 Å². The van der Waals surface area contributed by atoms with Crippen molar-refractivity contribution in [3.63, 3.8) is 0 Å². The molecule has 3 aromatic heterocycles. The number of benzene rings is 1. The van der Waals surface area contributed by atoms with E-state index in [1.165, 1.54) is 33.2 Å². The molecule has 0 radical (unpaired) electrons. The van der Waals surface area contributed by atoms with Crippen molar-refractivity contribution >= 4 is 16.6 Å². The molecule has 0 aliphatic heterocycles. The largest absolute Gasteiger partial charge is 0.508 e. The third kappa shape index (κ3) is 2.56. The number of rotatable bonds is 6. The number of hydrogen-bond donors (Lipinski definition) is 1. The van der Waals surface area contributed by atoms with E-state index in [1.54, 1.807) is 12.1 Å². The minimum atomic E-state index is 0.298. The summed E-state index contributed by atoms with van der Waals surface area (Å²) in [6.45, 7) is 5.76. The Morgan fingerprint density at radius 1 is 0.960 bits per heavy atom. The van der Waals surface area contributed by atoms with Gasteiger partial charge in [-0.15, -0.1) is 0 Å². The Hall–Kier alpha value is -2.52. The highest BCUT2D eigenvalue weighted by Crippen LogP contribution is 2.39. The van der Waals surface area contributed by atoms with Gasteiger partial charge < -0.3 is 14.2 Å². The minimum absolute atomic E-state index is 0.298. The van der Waals surface area contributed by atoms with E-state index in [0.717, 1.165) is 25.0 Å². The number of phenols is 1. The summed E-state index contributed by atoms with van der Waals surface area (Å²) < 4.78 is 8.15. The highest BCUT2D eigenvalue weighted by molar-refractivity contribution is 5.96. The zero-order chi connectivity index (χ0) is 17.4. The number of aryl methyl sites for hydroxylation is 1. The first-order valence-electron chi connectivity index (χ1n) is 8.99. The summed E-state index contributed by atoms with van der Waals surface area (Å²) in [6, 6.07) is 16.3. The van der Waals surface area contributed by atoms with E-state index in [1.807, 2.05) is 12.1 Å². The van der Waals surface area contributed by atoms with Crippen LogP contribution in [0.25, 0.3) is 27.7 Å². The molecule has 0 atom stereocenters. The molecule has 0 saturated carbocycles. The maximum Gasteiger partial charge on any atom is 0.115 e. The highest BCUT2D eigenvalue weighted by atomic mass is 16.5. The van der Waals surface area contributed by atoms with E-state index in [2.05, 4.69) is 42.5 Å². The maximum absolute atomic E-state index is 9.64. The fourth-order valence-electron chi connectivity index (χ4n) is 3.78. The lowest BCUT2D eigenvalue weighted by Gasteiger charge is -2.05. The zero-order valence-electron chi connectivity index (χ0n) is 14.7. The van der Waals surface area contributed by atoms with Crippen molar-refractivity contribution in [1.29, 1.82) is 0 Å². The molecular weight excluding hydrogens is 310 g/mol. The minimum Gasteiger partial charge on any atom is -0.508 e. The van der Waals surface area contributed by atoms with E-state index >= 15 is 0 Å². The van der Waals surface area contributed by atoms with Gasteiger partial charge in [0.1, 0.15) is 5.75 Å². The van der Waals surface area contributed by atoms with Gasteiger partial charge >= 0.3 is 0 Å². The number of phenolic OH excluding ortho intramolecular Hbond substituents is 1. The molecule has 0 bridgehead atoms. The number of aromatic nitrogens is 1. The van der Waals surface area contributed by atoms with Crippen LogP contribution >= 0.6 is 0 Å². The lowest BCUT2D eigenvalue weighted by atomic mass is 9.99. The molecule has 1 N–H and O–H groups in total. The topological polar surface area (TPSA) is 33.9 Å². The highest BCUT2D eigenvalue weighted by Gasteiger charge is 2.20. The van der Waals surface area contributed by atoms with Gasteiger partial charge in [0.2, 0.25) is 0 Å². The van der Waals surface area contributed by atoms with Crippen molar-refractivity contribution in [2.45, 2.75) is 33.3 Å². The molecular formula is C22H23NO2. The Kier molecular flexibility index (Phi) is 4.10. The Morgan fingerprint density at radius 3 is 2.44 bits per heavy atom. The molecule has 0 aliphatic carbocycles. The summed E-state index contributed by atoms with van der Waals surface area (Å²) in [5.41, 5.74) is 8.71. The van der Waals surface area contributed by atoms with Crippen LogP contribution in [0.5, 0.6) is 5.75 Å². The number of aromatic hydroxyl groups is 1. The molecule has 4 rings (SSSR count). The van der Waals surface area contributed by atoms with Crippen LogP contribution in [-0.2, 0) is 17.8 Å². The fourth-order valence-corrected chi connectivity index (χ4v) is 3.78. The van der Waals surface area contributed by atoms with E-state index in [0.29, 0.717) is 12.4 Å². The Morgan fingerprint density at radius 2 is 1.72 bits per heavy atom. The van der Waals surface area contributed by atoms with Gasteiger partial charge in [-0.2, -0.15) is 0 Å². The summed E-state index contributed by atoms with van der Waals surface area (Å²) in [5.74, 6) is 0.298. The first-order chi connectivity index (χ1) is 12.2. The van der Waals surface area contributed by atoms with Crippen LogP contribution in [0.2, 0.25) is 0 Å². The van der Waals surface area contributed by atoms with E-state index in [-0.39, 0.29) is 0 Å². The lowest BCUT2D eigenvalue weighted by molar-refractivity contribution is 0.122. The summed E-state index contributed by atoms with van der Waals surface area (Å²) in [7, 11) is 0. The number of hydrogen-bond acceptors (Lipinski definition) is 2. The van der Waals surface area contributed by atoms with Crippen molar-refractivity contribution in [1.82, 2.24) is 4.40 Å². The molecule has 0 aliphatic rings. The van der Waals surface area contributed by atoms with Crippen molar-refractivity contribution < 1.29 is 9.84 Å². The molecule has 0 spiro atoms. The maximum atomic E-state index is 9.64. The lowest BCUT2D eigenvalue weighted by Crippen LogP contribution is -1.94. The standard InChI is InChI=1S/C22H23NO2/c1-3-12-25-14-16-13-21-22(15-8-10-17(24)11-9-15)18(4-2)20-7-5-6-19(16)23(20)21/h5-11,13,24H,3-4,12,14H2,1-2H3. The average Bonchev–Trinajstić information content (AvgIpc) is 3.15. The Labute approximate surface area is 147 Å². The summed E-state index contributed by atoms with van der Waals surface area (Å²) in [5, 5.41) is 9.64. The van der Waals surface area contributed by atoms with E-state index in [9.17, 15) is 5.11 Å². The summed E-state index contributed by atoms with van der Waals surface area (Å²) in [4.78, 5) is 0. The third-order valence-electron chi connectivity index (χ3n) is 4.85. The van der Waals surface area contributed by atoms with Gasteiger partial charge in [-0.05, 0) is 54.3 Å². The summed E-state index contributed by atoms with van der Waals surface area (Å²) >= 11 is 0. The molecule has 3 heteroatoms. The smallest absolute Gasteiger partial charge is 0.115 e. The van der Waals surface area contributed by atoms with E-state index in [4.69, 9.17) is 4.74 Å². The molecule has 3 nitrogen and oxygen atoms in total. The second-order valence-corrected chi connectivity index (χ2v) is 6.49. The van der Waals surface area contributed by atoms with Gasteiger partial charge in [-0.1, -0.05) is 32.0 Å². The predicted molar refractivity (Wildman–Crippen MR) is 103 cm³/mol. The van der Waals surface area contributed by atoms with Crippen molar-refractivity contribution in [3.8, 4) is 16.9 Å². The van der Waals surface area contributed by atoms with Crippen LogP contribution in [0.4, 0.5) is 0 Å². The molecule has 1 aromatic carbocycles. The molecule has 4 aromatic rings. The zero-order valence-corrected chi connectivity index (χ0v) is 14.7. The van der Waals surface area contributed by atoms with Gasteiger partial charge in [-0.25, -0.2) is 0 Å². The van der Waals surface area contributed by atoms with Gasteiger partial charge in [0.05, 0.1) is 23.2 Å². The monoisotopic (exact) mass is 333 g/mol. The molecule has 128 valence electrons. The van der Waals surface area contributed by atoms with Crippen molar-refractivity contribution in [2.75, 3.05) is 6.61 Å². The number of nitrogens with zero attached hydrogens (tertiary/aromatic N) is 1. The normalized spacial score (nSPS) is 11.8. The summed E-state index contributed by atoms with van der Waals surface area (Å²) in [6.07, 6.45) is 2.00. The number of pyridine rings is 1. The van der Waals surface area contributed by atoms with Crippen LogP contribution in [0, 0.1) is 0 Å². The Bertz CT molecular complexity index is 998.